The number of hydrogen-bond acceptors (Lipinski definition) is 4. The molecule has 0 fully saturated rings. The lowest BCUT2D eigenvalue weighted by Crippen LogP contribution is -2.14. The van der Waals surface area contributed by atoms with Gasteiger partial charge in [0.25, 0.3) is 0 Å². The predicted octanol–water partition coefficient (Wildman–Crippen LogP) is -0.0722. The average molecular weight is 132 g/mol. The zero-order valence-electron chi connectivity index (χ0n) is 5.25. The quantitative estimate of drug-likeness (QED) is 0.331. The number of nitrogens with one attached hydrogen (secondary N) is 1. The van der Waals surface area contributed by atoms with E-state index in [0.717, 1.165) is 6.26 Å². The molecular formula is C4H8N2O3. The van der Waals surface area contributed by atoms with Crippen LogP contribution >= 0.6 is 0 Å². The maximum atomic E-state index is 9.92. The van der Waals surface area contributed by atoms with E-state index in [2.05, 4.69) is 10.1 Å². The van der Waals surface area contributed by atoms with E-state index < -0.39 is 4.92 Å². The number of nitro groups is 1. The molecule has 0 bridgehead atoms. The monoisotopic (exact) mass is 132 g/mol. The molecule has 9 heavy (non-hydrogen) atoms. The molecule has 0 unspecified atom stereocenters. The molecule has 0 rings (SSSR count). The molecule has 0 saturated heterocycles. The molecule has 0 aliphatic rings. The number of ether oxygens (including phenoxy) is 1. The third-order valence-electron chi connectivity index (χ3n) is 0.682. The van der Waals surface area contributed by atoms with Gasteiger partial charge in [-0.3, -0.25) is 5.32 Å². The van der Waals surface area contributed by atoms with E-state index >= 15 is 0 Å². The van der Waals surface area contributed by atoms with Gasteiger partial charge in [-0.2, -0.15) is 0 Å². The fourth-order valence-corrected chi connectivity index (χ4v) is 0.305. The van der Waals surface area contributed by atoms with Crippen molar-refractivity contribution in [2.45, 2.75) is 0 Å². The van der Waals surface area contributed by atoms with Crippen molar-refractivity contribution in [3.05, 3.63) is 22.2 Å². The Balaban J connectivity index is 3.98. The van der Waals surface area contributed by atoms with Crippen LogP contribution in [0.1, 0.15) is 0 Å². The fourth-order valence-electron chi connectivity index (χ4n) is 0.305. The van der Waals surface area contributed by atoms with Gasteiger partial charge in [-0.05, 0) is 4.92 Å². The summed E-state index contributed by atoms with van der Waals surface area (Å²) >= 11 is 0. The van der Waals surface area contributed by atoms with Gasteiger partial charge >= 0.3 is 5.82 Å². The Kier molecular flexibility index (Phi) is 3.19. The molecule has 0 spiro atoms. The Morgan fingerprint density at radius 3 is 2.56 bits per heavy atom. The second-order valence-corrected chi connectivity index (χ2v) is 1.25. The highest BCUT2D eigenvalue weighted by molar-refractivity contribution is 4.79. The summed E-state index contributed by atoms with van der Waals surface area (Å²) in [5, 5.41) is 12.3. The Bertz CT molecular complexity index is 132. The van der Waals surface area contributed by atoms with Crippen LogP contribution in [-0.4, -0.2) is 19.1 Å². The van der Waals surface area contributed by atoms with E-state index in [-0.39, 0.29) is 5.82 Å². The van der Waals surface area contributed by atoms with E-state index in [4.69, 9.17) is 0 Å². The highest BCUT2D eigenvalue weighted by atomic mass is 16.6. The van der Waals surface area contributed by atoms with Gasteiger partial charge in [0.1, 0.15) is 0 Å². The van der Waals surface area contributed by atoms with Crippen LogP contribution in [0.4, 0.5) is 0 Å². The van der Waals surface area contributed by atoms with Gasteiger partial charge in [0.05, 0.1) is 14.2 Å². The first-order valence-corrected chi connectivity index (χ1v) is 2.27. The van der Waals surface area contributed by atoms with Crippen molar-refractivity contribution in [1.82, 2.24) is 5.32 Å². The molecule has 0 aliphatic carbocycles. The highest BCUT2D eigenvalue weighted by Crippen LogP contribution is 1.86. The third-order valence-corrected chi connectivity index (χ3v) is 0.682. The van der Waals surface area contributed by atoms with Crippen molar-refractivity contribution < 1.29 is 9.66 Å². The van der Waals surface area contributed by atoms with Crippen LogP contribution in [0.5, 0.6) is 0 Å². The first-order chi connectivity index (χ1) is 4.22. The van der Waals surface area contributed by atoms with Crippen molar-refractivity contribution in [2.24, 2.45) is 0 Å². The maximum Gasteiger partial charge on any atom is 0.350 e. The molecule has 1 N–H and O–H groups in total. The Morgan fingerprint density at radius 1 is 1.89 bits per heavy atom. The van der Waals surface area contributed by atoms with Crippen LogP contribution in [0.15, 0.2) is 12.1 Å². The smallest absolute Gasteiger partial charge is 0.350 e. The van der Waals surface area contributed by atoms with Crippen molar-refractivity contribution >= 4 is 0 Å². The highest BCUT2D eigenvalue weighted by Gasteiger charge is 2.01. The number of rotatable bonds is 3. The van der Waals surface area contributed by atoms with Gasteiger partial charge in [-0.15, -0.1) is 0 Å². The summed E-state index contributed by atoms with van der Waals surface area (Å²) in [5.41, 5.74) is 0. The van der Waals surface area contributed by atoms with Crippen LogP contribution in [0.3, 0.4) is 0 Å². The van der Waals surface area contributed by atoms with E-state index in [1.54, 1.807) is 0 Å². The minimum absolute atomic E-state index is 0.155. The molecule has 0 aliphatic heterocycles. The van der Waals surface area contributed by atoms with E-state index in [1.807, 2.05) is 0 Å². The maximum absolute atomic E-state index is 9.92. The molecule has 0 saturated carbocycles. The van der Waals surface area contributed by atoms with Gasteiger partial charge in [-0.25, -0.2) is 0 Å². The van der Waals surface area contributed by atoms with E-state index in [1.165, 1.54) is 14.2 Å². The molecule has 0 heterocycles. The summed E-state index contributed by atoms with van der Waals surface area (Å²) in [7, 11) is 2.80. The normalized spacial score (nSPS) is 10.7. The Morgan fingerprint density at radius 2 is 2.44 bits per heavy atom. The lowest BCUT2D eigenvalue weighted by molar-refractivity contribution is -0.432. The Labute approximate surface area is 52.5 Å². The summed E-state index contributed by atoms with van der Waals surface area (Å²) in [6, 6.07) is 0. The standard InChI is InChI=1S/C4H8N2O3/c1-5-4(3-9-2)6(7)8/h3,5H,1-2H3/b4-3+. The van der Waals surface area contributed by atoms with Crippen molar-refractivity contribution in [3.8, 4) is 0 Å². The van der Waals surface area contributed by atoms with E-state index in [0.29, 0.717) is 0 Å². The lowest BCUT2D eigenvalue weighted by atomic mass is 10.8. The molecular weight excluding hydrogens is 124 g/mol. The Hall–Kier alpha value is -1.26. The second kappa shape index (κ2) is 3.71. The molecule has 52 valence electrons. The number of nitrogens with zero attached hydrogens (tertiary/aromatic N) is 1. The first-order valence-electron chi connectivity index (χ1n) is 2.27. The molecule has 0 aromatic heterocycles. The zero-order chi connectivity index (χ0) is 7.28. The van der Waals surface area contributed by atoms with Crippen LogP contribution < -0.4 is 5.32 Å². The van der Waals surface area contributed by atoms with Gasteiger partial charge < -0.3 is 14.9 Å². The summed E-state index contributed by atoms with van der Waals surface area (Å²) in [6.07, 6.45) is 1.03. The minimum atomic E-state index is -0.566. The summed E-state index contributed by atoms with van der Waals surface area (Å²) in [5.74, 6) is -0.155. The third kappa shape index (κ3) is 2.53. The van der Waals surface area contributed by atoms with Gasteiger partial charge in [0, 0.05) is 0 Å². The molecule has 0 aromatic carbocycles. The topological polar surface area (TPSA) is 64.4 Å². The van der Waals surface area contributed by atoms with Crippen LogP contribution in [-0.2, 0) is 4.74 Å². The predicted molar refractivity (Wildman–Crippen MR) is 31.1 cm³/mol. The van der Waals surface area contributed by atoms with E-state index in [9.17, 15) is 10.1 Å². The molecule has 0 radical (unpaired) electrons. The average Bonchev–Trinajstić information content (AvgIpc) is 1.82. The largest absolute Gasteiger partial charge is 0.496 e. The fraction of sp³-hybridized carbons (Fsp3) is 0.500. The summed E-state index contributed by atoms with van der Waals surface area (Å²) < 4.78 is 4.39. The molecule has 0 amide bonds. The molecule has 5 nitrogen and oxygen atoms in total. The molecule has 0 aromatic rings. The SMILES string of the molecule is CN/C(=C\OC)[N+](=O)[O-]. The molecule has 5 heteroatoms. The second-order valence-electron chi connectivity index (χ2n) is 1.25. The molecule has 0 atom stereocenters. The van der Waals surface area contributed by atoms with Crippen molar-refractivity contribution in [2.75, 3.05) is 14.2 Å². The number of methoxy groups -OCH3 is 1. The summed E-state index contributed by atoms with van der Waals surface area (Å²) in [4.78, 5) is 9.35. The van der Waals surface area contributed by atoms with Crippen LogP contribution in [0.2, 0.25) is 0 Å². The zero-order valence-corrected chi connectivity index (χ0v) is 5.25. The summed E-state index contributed by atoms with van der Waals surface area (Å²) in [6.45, 7) is 0. The minimum Gasteiger partial charge on any atom is -0.496 e. The number of hydrogen-bond donors (Lipinski definition) is 1. The van der Waals surface area contributed by atoms with Crippen LogP contribution in [0, 0.1) is 10.1 Å². The van der Waals surface area contributed by atoms with Gasteiger partial charge in [-0.1, -0.05) is 0 Å². The van der Waals surface area contributed by atoms with Crippen molar-refractivity contribution in [3.63, 3.8) is 0 Å². The van der Waals surface area contributed by atoms with Crippen molar-refractivity contribution in [1.29, 1.82) is 0 Å². The van der Waals surface area contributed by atoms with Gasteiger partial charge in [0.15, 0.2) is 6.26 Å². The van der Waals surface area contributed by atoms with Crippen LogP contribution in [0.25, 0.3) is 0 Å². The first kappa shape index (κ1) is 7.74. The lowest BCUT2D eigenvalue weighted by Gasteiger charge is -1.95. The van der Waals surface area contributed by atoms with Gasteiger partial charge in [0.2, 0.25) is 0 Å².